The fourth-order valence-electron chi connectivity index (χ4n) is 2.51. The summed E-state index contributed by atoms with van der Waals surface area (Å²) in [6.07, 6.45) is 3.20. The van der Waals surface area contributed by atoms with Crippen LogP contribution in [0.3, 0.4) is 0 Å². The lowest BCUT2D eigenvalue weighted by Gasteiger charge is -2.37. The number of likely N-dealkylation sites (tertiary alicyclic amines) is 1. The standard InChI is InChI=1S/C15H24N4O4/c1-10(2)4-8-23-12-9-19(15(21)22)7-3-11(12)18-14(20)13-16-5-6-17-13/h5-6,10-12H,3-4,7-9H2,1-2H3,(H,16,17)(H,18,20)(H,21,22). The van der Waals surface area contributed by atoms with Gasteiger partial charge in [0.25, 0.3) is 5.91 Å². The number of carboxylic acid groups (broad SMARTS) is 1. The Morgan fingerprint density at radius 3 is 2.96 bits per heavy atom. The van der Waals surface area contributed by atoms with E-state index in [1.54, 1.807) is 6.20 Å². The molecule has 1 fully saturated rings. The van der Waals surface area contributed by atoms with Gasteiger partial charge in [-0.15, -0.1) is 0 Å². The van der Waals surface area contributed by atoms with Gasteiger partial charge in [-0.25, -0.2) is 9.78 Å². The van der Waals surface area contributed by atoms with Gasteiger partial charge in [-0.2, -0.15) is 0 Å². The number of aromatic nitrogens is 2. The van der Waals surface area contributed by atoms with Crippen molar-refractivity contribution in [2.75, 3.05) is 19.7 Å². The topological polar surface area (TPSA) is 108 Å². The maximum Gasteiger partial charge on any atom is 0.407 e. The first-order chi connectivity index (χ1) is 11.0. The minimum Gasteiger partial charge on any atom is -0.465 e. The van der Waals surface area contributed by atoms with Crippen molar-refractivity contribution in [1.29, 1.82) is 0 Å². The lowest BCUT2D eigenvalue weighted by atomic mass is 10.0. The van der Waals surface area contributed by atoms with Crippen LogP contribution in [0.1, 0.15) is 37.3 Å². The van der Waals surface area contributed by atoms with Crippen LogP contribution in [0.25, 0.3) is 0 Å². The summed E-state index contributed by atoms with van der Waals surface area (Å²) in [5.74, 6) is 0.443. The maximum atomic E-state index is 12.1. The van der Waals surface area contributed by atoms with E-state index in [0.717, 1.165) is 6.42 Å². The second kappa shape index (κ2) is 7.96. The maximum absolute atomic E-state index is 12.1. The summed E-state index contributed by atoms with van der Waals surface area (Å²) in [6.45, 7) is 5.38. The molecule has 1 aliphatic rings. The summed E-state index contributed by atoms with van der Waals surface area (Å²) in [5, 5.41) is 12.0. The van der Waals surface area contributed by atoms with Crippen molar-refractivity contribution in [2.45, 2.75) is 38.8 Å². The Morgan fingerprint density at radius 2 is 2.35 bits per heavy atom. The van der Waals surface area contributed by atoms with Crippen LogP contribution < -0.4 is 5.32 Å². The fourth-order valence-corrected chi connectivity index (χ4v) is 2.51. The van der Waals surface area contributed by atoms with E-state index < -0.39 is 6.09 Å². The van der Waals surface area contributed by atoms with Gasteiger partial charge in [0.2, 0.25) is 0 Å². The molecular formula is C15H24N4O4. The Hall–Kier alpha value is -2.09. The average Bonchev–Trinajstić information content (AvgIpc) is 3.02. The predicted octanol–water partition coefficient (Wildman–Crippen LogP) is 1.32. The number of nitrogens with zero attached hydrogens (tertiary/aromatic N) is 2. The van der Waals surface area contributed by atoms with Gasteiger partial charge >= 0.3 is 6.09 Å². The van der Waals surface area contributed by atoms with E-state index in [-0.39, 0.29) is 30.4 Å². The minimum atomic E-state index is -0.960. The molecule has 23 heavy (non-hydrogen) atoms. The van der Waals surface area contributed by atoms with E-state index >= 15 is 0 Å². The van der Waals surface area contributed by atoms with Crippen molar-refractivity contribution in [3.63, 3.8) is 0 Å². The number of aromatic amines is 1. The summed E-state index contributed by atoms with van der Waals surface area (Å²) in [6, 6.07) is -0.227. The summed E-state index contributed by atoms with van der Waals surface area (Å²) < 4.78 is 5.85. The molecule has 1 aromatic heterocycles. The van der Waals surface area contributed by atoms with Crippen LogP contribution in [0, 0.1) is 5.92 Å². The molecule has 128 valence electrons. The van der Waals surface area contributed by atoms with Crippen LogP contribution >= 0.6 is 0 Å². The molecule has 2 atom stereocenters. The zero-order chi connectivity index (χ0) is 16.8. The number of ether oxygens (including phenoxy) is 1. The van der Waals surface area contributed by atoms with Crippen molar-refractivity contribution in [3.05, 3.63) is 18.2 Å². The van der Waals surface area contributed by atoms with Crippen molar-refractivity contribution in [2.24, 2.45) is 5.92 Å². The number of amides is 2. The fraction of sp³-hybridized carbons (Fsp3) is 0.667. The highest BCUT2D eigenvalue weighted by Crippen LogP contribution is 2.16. The van der Waals surface area contributed by atoms with Crippen LogP contribution in [-0.2, 0) is 4.74 Å². The van der Waals surface area contributed by atoms with Crippen LogP contribution in [0.15, 0.2) is 12.4 Å². The van der Waals surface area contributed by atoms with Gasteiger partial charge in [0, 0.05) is 25.5 Å². The zero-order valence-corrected chi connectivity index (χ0v) is 13.5. The van der Waals surface area contributed by atoms with Crippen molar-refractivity contribution >= 4 is 12.0 Å². The Bertz CT molecular complexity index is 518. The molecule has 0 radical (unpaired) electrons. The molecule has 0 spiro atoms. The third-order valence-corrected chi connectivity index (χ3v) is 3.89. The summed E-state index contributed by atoms with van der Waals surface area (Å²) in [5.41, 5.74) is 0. The van der Waals surface area contributed by atoms with Gasteiger partial charge < -0.3 is 25.0 Å². The lowest BCUT2D eigenvalue weighted by molar-refractivity contribution is -0.0199. The number of nitrogens with one attached hydrogen (secondary N) is 2. The molecule has 1 aliphatic heterocycles. The Labute approximate surface area is 135 Å². The molecule has 2 heterocycles. The molecule has 8 nitrogen and oxygen atoms in total. The van der Waals surface area contributed by atoms with Gasteiger partial charge in [0.1, 0.15) is 0 Å². The first kappa shape index (κ1) is 17.3. The molecule has 1 saturated heterocycles. The van der Waals surface area contributed by atoms with Gasteiger partial charge in [-0.05, 0) is 18.8 Å². The van der Waals surface area contributed by atoms with Crippen molar-refractivity contribution in [1.82, 2.24) is 20.2 Å². The molecule has 0 aromatic carbocycles. The third kappa shape index (κ3) is 4.95. The number of carbonyl (C=O) groups is 2. The van der Waals surface area contributed by atoms with E-state index in [4.69, 9.17) is 9.84 Å². The van der Waals surface area contributed by atoms with Gasteiger partial charge in [-0.3, -0.25) is 4.79 Å². The quantitative estimate of drug-likeness (QED) is 0.731. The number of carbonyl (C=O) groups excluding carboxylic acids is 1. The average molecular weight is 324 g/mol. The minimum absolute atomic E-state index is 0.227. The summed E-state index contributed by atoms with van der Waals surface area (Å²) >= 11 is 0. The molecule has 0 saturated carbocycles. The highest BCUT2D eigenvalue weighted by atomic mass is 16.5. The summed E-state index contributed by atoms with van der Waals surface area (Å²) in [4.78, 5) is 31.3. The lowest BCUT2D eigenvalue weighted by Crippen LogP contribution is -2.56. The van der Waals surface area contributed by atoms with Crippen LogP contribution in [0.5, 0.6) is 0 Å². The number of hydrogen-bond donors (Lipinski definition) is 3. The molecule has 0 bridgehead atoms. The summed E-state index contributed by atoms with van der Waals surface area (Å²) in [7, 11) is 0. The first-order valence-electron chi connectivity index (χ1n) is 7.87. The molecule has 1 aromatic rings. The monoisotopic (exact) mass is 324 g/mol. The number of rotatable bonds is 6. The Morgan fingerprint density at radius 1 is 1.57 bits per heavy atom. The second-order valence-corrected chi connectivity index (χ2v) is 6.13. The van der Waals surface area contributed by atoms with Gasteiger partial charge in [-0.1, -0.05) is 13.8 Å². The van der Waals surface area contributed by atoms with Gasteiger partial charge in [0.05, 0.1) is 18.7 Å². The van der Waals surface area contributed by atoms with Crippen LogP contribution in [-0.4, -0.2) is 63.8 Å². The largest absolute Gasteiger partial charge is 0.465 e. The number of piperidine rings is 1. The van der Waals surface area contributed by atoms with E-state index in [1.165, 1.54) is 11.1 Å². The highest BCUT2D eigenvalue weighted by Gasteiger charge is 2.33. The van der Waals surface area contributed by atoms with E-state index in [1.807, 2.05) is 0 Å². The molecule has 3 N–H and O–H groups in total. The number of hydrogen-bond acceptors (Lipinski definition) is 4. The number of H-pyrrole nitrogens is 1. The van der Waals surface area contributed by atoms with E-state index in [9.17, 15) is 9.59 Å². The van der Waals surface area contributed by atoms with E-state index in [2.05, 4.69) is 29.1 Å². The molecule has 2 rings (SSSR count). The molecule has 8 heteroatoms. The van der Waals surface area contributed by atoms with Crippen LogP contribution in [0.2, 0.25) is 0 Å². The normalized spacial score (nSPS) is 21.4. The van der Waals surface area contributed by atoms with Crippen molar-refractivity contribution in [3.8, 4) is 0 Å². The number of imidazole rings is 1. The van der Waals surface area contributed by atoms with Crippen molar-refractivity contribution < 1.29 is 19.4 Å². The molecule has 0 aliphatic carbocycles. The molecule has 2 unspecified atom stereocenters. The molecule has 2 amide bonds. The SMILES string of the molecule is CC(C)CCOC1CN(C(=O)O)CCC1NC(=O)c1ncc[nH]1. The Kier molecular flexibility index (Phi) is 5.97. The Balaban J connectivity index is 1.96. The zero-order valence-electron chi connectivity index (χ0n) is 13.5. The van der Waals surface area contributed by atoms with E-state index in [0.29, 0.717) is 25.5 Å². The predicted molar refractivity (Wildman–Crippen MR) is 83.3 cm³/mol. The first-order valence-corrected chi connectivity index (χ1v) is 7.87. The van der Waals surface area contributed by atoms with Gasteiger partial charge in [0.15, 0.2) is 5.82 Å². The smallest absolute Gasteiger partial charge is 0.407 e. The van der Waals surface area contributed by atoms with Crippen LogP contribution in [0.4, 0.5) is 4.79 Å². The molecular weight excluding hydrogens is 300 g/mol. The highest BCUT2D eigenvalue weighted by molar-refractivity contribution is 5.90. The third-order valence-electron chi connectivity index (χ3n) is 3.89. The second-order valence-electron chi connectivity index (χ2n) is 6.13.